The number of carbonyl (C=O) groups excluding carboxylic acids is 2. The first-order valence-electron chi connectivity index (χ1n) is 10.3. The van der Waals surface area contributed by atoms with Gasteiger partial charge in [-0.3, -0.25) is 9.59 Å². The van der Waals surface area contributed by atoms with E-state index in [-0.39, 0.29) is 17.9 Å². The third-order valence-electron chi connectivity index (χ3n) is 5.58. The summed E-state index contributed by atoms with van der Waals surface area (Å²) in [5.74, 6) is -0.711. The number of ether oxygens (including phenoxy) is 1. The van der Waals surface area contributed by atoms with Crippen LogP contribution < -0.4 is 5.32 Å². The van der Waals surface area contributed by atoms with Crippen LogP contribution in [0.2, 0.25) is 0 Å². The molecule has 6 heteroatoms. The highest BCUT2D eigenvalue weighted by atomic mass is 32.1. The van der Waals surface area contributed by atoms with Crippen LogP contribution in [0.15, 0.2) is 60.0 Å². The third-order valence-corrected chi connectivity index (χ3v) is 6.52. The van der Waals surface area contributed by atoms with E-state index < -0.39 is 5.92 Å². The van der Waals surface area contributed by atoms with Gasteiger partial charge >= 0.3 is 0 Å². The molecule has 0 unspecified atom stereocenters. The fraction of sp³-hybridized carbons (Fsp3) is 0.280. The van der Waals surface area contributed by atoms with Gasteiger partial charge in [-0.25, -0.2) is 0 Å². The number of benzene rings is 2. The number of nitrogens with one attached hydrogen (secondary N) is 1. The molecule has 160 valence electrons. The lowest BCUT2D eigenvalue weighted by molar-refractivity contribution is -0.119. The van der Waals surface area contributed by atoms with Crippen LogP contribution in [-0.4, -0.2) is 37.0 Å². The van der Waals surface area contributed by atoms with Crippen LogP contribution in [0.25, 0.3) is 0 Å². The highest BCUT2D eigenvalue weighted by Crippen LogP contribution is 2.44. The highest BCUT2D eigenvalue weighted by molar-refractivity contribution is 7.10. The van der Waals surface area contributed by atoms with Crippen molar-refractivity contribution in [2.24, 2.45) is 0 Å². The van der Waals surface area contributed by atoms with Gasteiger partial charge in [-0.2, -0.15) is 0 Å². The zero-order valence-electron chi connectivity index (χ0n) is 17.9. The van der Waals surface area contributed by atoms with Gasteiger partial charge in [0, 0.05) is 29.8 Å². The number of carbonyl (C=O) groups is 2. The molecule has 3 aromatic rings. The molecule has 2 aromatic carbocycles. The number of hydrogen-bond donors (Lipinski definition) is 1. The second kappa shape index (κ2) is 9.04. The predicted octanol–water partition coefficient (Wildman–Crippen LogP) is 4.93. The molecule has 2 atom stereocenters. The average Bonchev–Trinajstić information content (AvgIpc) is 3.26. The minimum Gasteiger partial charge on any atom is -0.383 e. The highest BCUT2D eigenvalue weighted by Gasteiger charge is 2.44. The summed E-state index contributed by atoms with van der Waals surface area (Å²) in [4.78, 5) is 29.9. The molecule has 2 amide bonds. The van der Waals surface area contributed by atoms with Crippen molar-refractivity contribution in [3.05, 3.63) is 87.1 Å². The Morgan fingerprint density at radius 2 is 1.84 bits per heavy atom. The topological polar surface area (TPSA) is 58.6 Å². The first-order valence-corrected chi connectivity index (χ1v) is 11.2. The van der Waals surface area contributed by atoms with Gasteiger partial charge in [0.1, 0.15) is 0 Å². The van der Waals surface area contributed by atoms with E-state index in [0.29, 0.717) is 18.7 Å². The van der Waals surface area contributed by atoms with E-state index in [1.165, 1.54) is 0 Å². The zero-order chi connectivity index (χ0) is 22.0. The molecule has 0 fully saturated rings. The first kappa shape index (κ1) is 21.3. The smallest absolute Gasteiger partial charge is 0.254 e. The fourth-order valence-electron chi connectivity index (χ4n) is 4.35. The van der Waals surface area contributed by atoms with Crippen molar-refractivity contribution in [2.45, 2.75) is 25.8 Å². The van der Waals surface area contributed by atoms with Crippen LogP contribution in [0.1, 0.15) is 43.9 Å². The van der Waals surface area contributed by atoms with E-state index in [1.807, 2.05) is 61.7 Å². The summed E-state index contributed by atoms with van der Waals surface area (Å²) < 4.78 is 5.27. The number of amides is 2. The predicted molar refractivity (Wildman–Crippen MR) is 124 cm³/mol. The normalized spacial score (nSPS) is 18.0. The molecule has 1 aliphatic heterocycles. The summed E-state index contributed by atoms with van der Waals surface area (Å²) >= 11 is 1.56. The molecule has 5 nitrogen and oxygen atoms in total. The van der Waals surface area contributed by atoms with E-state index >= 15 is 0 Å². The van der Waals surface area contributed by atoms with Crippen molar-refractivity contribution in [3.63, 3.8) is 0 Å². The molecule has 0 saturated carbocycles. The Labute approximate surface area is 186 Å². The van der Waals surface area contributed by atoms with Crippen molar-refractivity contribution in [3.8, 4) is 0 Å². The summed E-state index contributed by atoms with van der Waals surface area (Å²) in [5.41, 5.74) is 4.29. The maximum absolute atomic E-state index is 13.7. The van der Waals surface area contributed by atoms with Gasteiger partial charge in [0.15, 0.2) is 0 Å². The van der Waals surface area contributed by atoms with Gasteiger partial charge in [0.25, 0.3) is 5.91 Å². The summed E-state index contributed by atoms with van der Waals surface area (Å²) in [6, 6.07) is 17.0. The Kier molecular flexibility index (Phi) is 6.20. The molecule has 0 saturated heterocycles. The van der Waals surface area contributed by atoms with Gasteiger partial charge in [-0.15, -0.1) is 11.3 Å². The van der Waals surface area contributed by atoms with Gasteiger partial charge in [0.2, 0.25) is 5.91 Å². The Morgan fingerprint density at radius 1 is 1.10 bits per heavy atom. The molecule has 31 heavy (non-hydrogen) atoms. The van der Waals surface area contributed by atoms with E-state index in [1.54, 1.807) is 29.4 Å². The van der Waals surface area contributed by atoms with Crippen LogP contribution in [-0.2, 0) is 9.53 Å². The van der Waals surface area contributed by atoms with E-state index in [2.05, 4.69) is 11.4 Å². The minimum atomic E-state index is -0.523. The monoisotopic (exact) mass is 434 g/mol. The molecule has 0 radical (unpaired) electrons. The van der Waals surface area contributed by atoms with Crippen LogP contribution in [0.3, 0.4) is 0 Å². The van der Waals surface area contributed by atoms with Crippen molar-refractivity contribution >= 4 is 28.8 Å². The molecule has 4 rings (SSSR count). The Morgan fingerprint density at radius 3 is 2.52 bits per heavy atom. The fourth-order valence-corrected chi connectivity index (χ4v) is 5.23. The number of anilines is 1. The second-order valence-electron chi connectivity index (χ2n) is 7.88. The van der Waals surface area contributed by atoms with Gasteiger partial charge in [0.05, 0.1) is 18.6 Å². The molecular formula is C25H26N2O3S. The standard InChI is InChI=1S/C25H26N2O3S/c1-16-13-17(2)15-18(14-16)26-24(28)22-19-7-4-5-8-20(19)25(29)27(10-11-30-3)23(22)21-9-6-12-31-21/h4-9,12-15,22-23H,10-11H2,1-3H3,(H,26,28)/t22-,23-/m0/s1. The molecule has 0 aliphatic carbocycles. The maximum Gasteiger partial charge on any atom is 0.254 e. The Balaban J connectivity index is 1.80. The lowest BCUT2D eigenvalue weighted by Crippen LogP contribution is -2.47. The summed E-state index contributed by atoms with van der Waals surface area (Å²) in [6.45, 7) is 4.84. The molecule has 1 aromatic heterocycles. The summed E-state index contributed by atoms with van der Waals surface area (Å²) in [6.07, 6.45) is 0. The SMILES string of the molecule is COCCN1C(=O)c2ccccc2[C@H](C(=O)Nc2cc(C)cc(C)c2)[C@@H]1c1cccs1. The van der Waals surface area contributed by atoms with Crippen molar-refractivity contribution in [1.82, 2.24) is 4.90 Å². The molecule has 1 aliphatic rings. The maximum atomic E-state index is 13.7. The van der Waals surface area contributed by atoms with E-state index in [4.69, 9.17) is 4.74 Å². The summed E-state index contributed by atoms with van der Waals surface area (Å²) in [5, 5.41) is 5.09. The molecular weight excluding hydrogens is 408 g/mol. The third kappa shape index (κ3) is 4.27. The van der Waals surface area contributed by atoms with E-state index in [9.17, 15) is 9.59 Å². The zero-order valence-corrected chi connectivity index (χ0v) is 18.7. The molecule has 0 spiro atoms. The minimum absolute atomic E-state index is 0.0681. The largest absolute Gasteiger partial charge is 0.383 e. The quantitative estimate of drug-likeness (QED) is 0.598. The van der Waals surface area contributed by atoms with Crippen LogP contribution in [0.4, 0.5) is 5.69 Å². The van der Waals surface area contributed by atoms with Gasteiger partial charge < -0.3 is 15.0 Å². The number of methoxy groups -OCH3 is 1. The Bertz CT molecular complexity index is 1070. The van der Waals surface area contributed by atoms with Gasteiger partial charge in [-0.05, 0) is 60.2 Å². The van der Waals surface area contributed by atoms with Crippen LogP contribution in [0.5, 0.6) is 0 Å². The number of thiophene rings is 1. The summed E-state index contributed by atoms with van der Waals surface area (Å²) in [7, 11) is 1.62. The van der Waals surface area contributed by atoms with Gasteiger partial charge in [-0.1, -0.05) is 30.3 Å². The first-order chi connectivity index (χ1) is 15.0. The lowest BCUT2D eigenvalue weighted by Gasteiger charge is -2.41. The number of aryl methyl sites for hydroxylation is 2. The number of rotatable bonds is 6. The number of nitrogens with zero attached hydrogens (tertiary/aromatic N) is 1. The van der Waals surface area contributed by atoms with Crippen molar-refractivity contribution in [2.75, 3.05) is 25.6 Å². The van der Waals surface area contributed by atoms with Crippen molar-refractivity contribution in [1.29, 1.82) is 0 Å². The molecule has 2 heterocycles. The number of fused-ring (bicyclic) bond motifs is 1. The van der Waals surface area contributed by atoms with Crippen LogP contribution >= 0.6 is 11.3 Å². The van der Waals surface area contributed by atoms with Crippen LogP contribution in [0, 0.1) is 13.8 Å². The number of hydrogen-bond acceptors (Lipinski definition) is 4. The van der Waals surface area contributed by atoms with Crippen molar-refractivity contribution < 1.29 is 14.3 Å². The lowest BCUT2D eigenvalue weighted by atomic mass is 9.81. The second-order valence-corrected chi connectivity index (χ2v) is 8.86. The van der Waals surface area contributed by atoms with E-state index in [0.717, 1.165) is 27.3 Å². The molecule has 0 bridgehead atoms. The average molecular weight is 435 g/mol. The molecule has 1 N–H and O–H groups in total. The Hall–Kier alpha value is -2.96.